The molecule has 1 amide bonds. The summed E-state index contributed by atoms with van der Waals surface area (Å²) in [6.07, 6.45) is 4.43. The highest BCUT2D eigenvalue weighted by Crippen LogP contribution is 2.33. The summed E-state index contributed by atoms with van der Waals surface area (Å²) in [6.45, 7) is 3.86. The summed E-state index contributed by atoms with van der Waals surface area (Å²) in [4.78, 5) is 12.6. The number of aromatic nitrogens is 3. The summed E-state index contributed by atoms with van der Waals surface area (Å²) >= 11 is 4.80. The zero-order valence-electron chi connectivity index (χ0n) is 18.3. The van der Waals surface area contributed by atoms with Crippen molar-refractivity contribution in [1.82, 2.24) is 14.8 Å². The fourth-order valence-electron chi connectivity index (χ4n) is 4.06. The van der Waals surface area contributed by atoms with Crippen molar-refractivity contribution in [3.8, 4) is 5.69 Å². The molecular formula is C22H24BrN5O3S2. The molecule has 0 aliphatic heterocycles. The van der Waals surface area contributed by atoms with E-state index in [9.17, 15) is 13.2 Å². The summed E-state index contributed by atoms with van der Waals surface area (Å²) in [6, 6.07) is 8.57. The molecule has 1 aliphatic carbocycles. The Morgan fingerprint density at radius 1 is 1.12 bits per heavy atom. The molecule has 33 heavy (non-hydrogen) atoms. The monoisotopic (exact) mass is 549 g/mol. The zero-order valence-corrected chi connectivity index (χ0v) is 21.5. The fraction of sp³-hybridized carbons (Fsp3) is 0.318. The molecule has 1 aromatic heterocycles. The molecule has 0 bridgehead atoms. The van der Waals surface area contributed by atoms with Gasteiger partial charge in [-0.2, -0.15) is 0 Å². The Bertz CT molecular complexity index is 1340. The standard InChI is InChI=1S/C22H24BrN5O3S2/c1-13-7-10-19(17-6-4-3-5-16(13)17)28-21(23)26-27-22(28)32-12-20(29)25-18-9-8-15(11-14(18)2)33(24,30)31/h7-11H,3-6,12H2,1-2H3,(H,25,29)(H2,24,30,31). The first kappa shape index (κ1) is 23.9. The first-order chi connectivity index (χ1) is 15.6. The number of nitrogens with one attached hydrogen (secondary N) is 1. The van der Waals surface area contributed by atoms with Crippen molar-refractivity contribution in [3.63, 3.8) is 0 Å². The average Bonchev–Trinajstić information content (AvgIpc) is 3.14. The fourth-order valence-corrected chi connectivity index (χ4v) is 5.96. The van der Waals surface area contributed by atoms with Crippen molar-refractivity contribution in [3.05, 3.63) is 57.3 Å². The van der Waals surface area contributed by atoms with Gasteiger partial charge in [0.15, 0.2) is 5.16 Å². The molecule has 0 unspecified atom stereocenters. The second-order valence-corrected chi connectivity index (χ2v) is 11.2. The number of halogens is 1. The van der Waals surface area contributed by atoms with Crippen molar-refractivity contribution >= 4 is 49.3 Å². The molecule has 0 fully saturated rings. The first-order valence-electron chi connectivity index (χ1n) is 10.4. The molecule has 0 saturated carbocycles. The van der Waals surface area contributed by atoms with Gasteiger partial charge in [0.25, 0.3) is 0 Å². The number of aryl methyl sites for hydroxylation is 2. The van der Waals surface area contributed by atoms with E-state index in [1.165, 1.54) is 53.1 Å². The Hall–Kier alpha value is -2.21. The van der Waals surface area contributed by atoms with Crippen molar-refractivity contribution in [1.29, 1.82) is 0 Å². The molecule has 0 radical (unpaired) electrons. The van der Waals surface area contributed by atoms with Crippen LogP contribution >= 0.6 is 27.7 Å². The van der Waals surface area contributed by atoms with Gasteiger partial charge in [0, 0.05) is 5.69 Å². The van der Waals surface area contributed by atoms with Gasteiger partial charge in [-0.3, -0.25) is 9.36 Å². The Kier molecular flexibility index (Phi) is 6.94. The number of anilines is 1. The van der Waals surface area contributed by atoms with Crippen molar-refractivity contribution < 1.29 is 13.2 Å². The Labute approximate surface area is 205 Å². The maximum Gasteiger partial charge on any atom is 0.238 e. The lowest BCUT2D eigenvalue weighted by molar-refractivity contribution is -0.113. The van der Waals surface area contributed by atoms with Gasteiger partial charge in [0.2, 0.25) is 20.7 Å². The maximum absolute atomic E-state index is 12.6. The van der Waals surface area contributed by atoms with E-state index in [1.54, 1.807) is 6.92 Å². The van der Waals surface area contributed by atoms with E-state index < -0.39 is 10.0 Å². The lowest BCUT2D eigenvalue weighted by atomic mass is 9.87. The first-order valence-corrected chi connectivity index (χ1v) is 13.8. The number of hydrogen-bond acceptors (Lipinski definition) is 6. The third-order valence-corrected chi connectivity index (χ3v) is 8.07. The van der Waals surface area contributed by atoms with Crippen LogP contribution in [-0.2, 0) is 27.7 Å². The molecule has 2 aromatic carbocycles. The number of rotatable bonds is 6. The highest BCUT2D eigenvalue weighted by atomic mass is 79.9. The van der Waals surface area contributed by atoms with Crippen LogP contribution < -0.4 is 10.5 Å². The number of benzene rings is 2. The predicted molar refractivity (Wildman–Crippen MR) is 132 cm³/mol. The van der Waals surface area contributed by atoms with E-state index in [0.717, 1.165) is 24.9 Å². The summed E-state index contributed by atoms with van der Waals surface area (Å²) < 4.78 is 25.6. The minimum absolute atomic E-state index is 0.00626. The lowest BCUT2D eigenvalue weighted by Crippen LogP contribution is -2.17. The van der Waals surface area contributed by atoms with Crippen molar-refractivity contribution in [2.45, 2.75) is 49.6 Å². The van der Waals surface area contributed by atoms with E-state index in [1.807, 2.05) is 4.57 Å². The molecular weight excluding hydrogens is 526 g/mol. The Morgan fingerprint density at radius 3 is 2.55 bits per heavy atom. The molecule has 3 N–H and O–H groups in total. The number of hydrogen-bond donors (Lipinski definition) is 2. The molecule has 0 saturated heterocycles. The molecule has 11 heteroatoms. The molecule has 3 aromatic rings. The summed E-state index contributed by atoms with van der Waals surface area (Å²) in [5.41, 5.74) is 6.20. The van der Waals surface area contributed by atoms with Crippen LogP contribution in [0.2, 0.25) is 0 Å². The maximum atomic E-state index is 12.6. The molecule has 0 atom stereocenters. The quantitative estimate of drug-likeness (QED) is 0.450. The number of carbonyl (C=O) groups excluding carboxylic acids is 1. The SMILES string of the molecule is Cc1cc(S(N)(=O)=O)ccc1NC(=O)CSc1nnc(Br)n1-c1ccc(C)c2c1CCCC2. The van der Waals surface area contributed by atoms with Gasteiger partial charge in [0.05, 0.1) is 16.3 Å². The number of sulfonamides is 1. The Balaban J connectivity index is 1.52. The number of thioether (sulfide) groups is 1. The van der Waals surface area contributed by atoms with Gasteiger partial charge >= 0.3 is 0 Å². The van der Waals surface area contributed by atoms with Gasteiger partial charge in [-0.15, -0.1) is 10.2 Å². The van der Waals surface area contributed by atoms with Crippen molar-refractivity contribution in [2.75, 3.05) is 11.1 Å². The largest absolute Gasteiger partial charge is 0.325 e. The van der Waals surface area contributed by atoms with E-state index in [0.29, 0.717) is 21.1 Å². The number of nitrogens with two attached hydrogens (primary N) is 1. The Morgan fingerprint density at radius 2 is 1.85 bits per heavy atom. The second kappa shape index (κ2) is 9.57. The van der Waals surface area contributed by atoms with Gasteiger partial charge < -0.3 is 5.32 Å². The van der Waals surface area contributed by atoms with E-state index >= 15 is 0 Å². The highest BCUT2D eigenvalue weighted by molar-refractivity contribution is 9.10. The minimum Gasteiger partial charge on any atom is -0.325 e. The van der Waals surface area contributed by atoms with Crippen LogP contribution in [0.1, 0.15) is 35.1 Å². The topological polar surface area (TPSA) is 120 Å². The number of nitrogens with zero attached hydrogens (tertiary/aromatic N) is 3. The van der Waals surface area contributed by atoms with Crippen LogP contribution in [0.4, 0.5) is 5.69 Å². The van der Waals surface area contributed by atoms with Crippen LogP contribution in [0, 0.1) is 13.8 Å². The van der Waals surface area contributed by atoms with Gasteiger partial charge in [0.1, 0.15) is 0 Å². The number of primary sulfonamides is 1. The molecule has 0 spiro atoms. The molecule has 8 nitrogen and oxygen atoms in total. The molecule has 1 aliphatic rings. The number of amides is 1. The summed E-state index contributed by atoms with van der Waals surface area (Å²) in [5, 5.41) is 17.1. The zero-order chi connectivity index (χ0) is 23.8. The predicted octanol–water partition coefficient (Wildman–Crippen LogP) is 3.90. The van der Waals surface area contributed by atoms with Gasteiger partial charge in [-0.25, -0.2) is 13.6 Å². The third kappa shape index (κ3) is 5.16. The third-order valence-electron chi connectivity index (χ3n) is 5.71. The van der Waals surface area contributed by atoms with Crippen LogP contribution in [0.3, 0.4) is 0 Å². The van der Waals surface area contributed by atoms with Gasteiger partial charge in [-0.05, 0) is 102 Å². The van der Waals surface area contributed by atoms with Crippen LogP contribution in [0.25, 0.3) is 5.69 Å². The molecule has 1 heterocycles. The van der Waals surface area contributed by atoms with E-state index in [-0.39, 0.29) is 16.6 Å². The number of fused-ring (bicyclic) bond motifs is 1. The van der Waals surface area contributed by atoms with E-state index in [4.69, 9.17) is 5.14 Å². The average molecular weight is 551 g/mol. The lowest BCUT2D eigenvalue weighted by Gasteiger charge is -2.22. The highest BCUT2D eigenvalue weighted by Gasteiger charge is 2.21. The smallest absolute Gasteiger partial charge is 0.238 e. The van der Waals surface area contributed by atoms with E-state index in [2.05, 4.69) is 50.5 Å². The van der Waals surface area contributed by atoms with Crippen molar-refractivity contribution in [2.24, 2.45) is 5.14 Å². The minimum atomic E-state index is -3.79. The van der Waals surface area contributed by atoms with Gasteiger partial charge in [-0.1, -0.05) is 17.8 Å². The summed E-state index contributed by atoms with van der Waals surface area (Å²) in [7, 11) is -3.79. The molecule has 174 valence electrons. The normalized spacial score (nSPS) is 13.6. The molecule has 4 rings (SSSR count). The number of carbonyl (C=O) groups is 1. The van der Waals surface area contributed by atoms with Crippen LogP contribution in [0.5, 0.6) is 0 Å². The summed E-state index contributed by atoms with van der Waals surface area (Å²) in [5.74, 6) is -0.113. The van der Waals surface area contributed by atoms with Crippen LogP contribution in [0.15, 0.2) is 45.1 Å². The van der Waals surface area contributed by atoms with Crippen LogP contribution in [-0.4, -0.2) is 34.8 Å². The second-order valence-electron chi connectivity index (χ2n) is 8.01.